The number of para-hydroxylation sites is 1. The first-order valence-corrected chi connectivity index (χ1v) is 9.03. The summed E-state index contributed by atoms with van der Waals surface area (Å²) in [5.41, 5.74) is 5.93. The quantitative estimate of drug-likeness (QED) is 0.610. The molecule has 1 fully saturated rings. The van der Waals surface area contributed by atoms with Crippen LogP contribution in [0.1, 0.15) is 49.3 Å². The summed E-state index contributed by atoms with van der Waals surface area (Å²) in [6.07, 6.45) is 6.59. The van der Waals surface area contributed by atoms with E-state index in [2.05, 4.69) is 66.8 Å². The van der Waals surface area contributed by atoms with Crippen molar-refractivity contribution in [2.45, 2.75) is 44.9 Å². The van der Waals surface area contributed by atoms with E-state index in [0.717, 1.165) is 11.2 Å². The van der Waals surface area contributed by atoms with Gasteiger partial charge in [0.05, 0.1) is 5.52 Å². The van der Waals surface area contributed by atoms with Gasteiger partial charge in [-0.2, -0.15) is 0 Å². The fourth-order valence-corrected chi connectivity index (χ4v) is 3.70. The van der Waals surface area contributed by atoms with Gasteiger partial charge in [0.15, 0.2) is 0 Å². The van der Waals surface area contributed by atoms with Crippen molar-refractivity contribution in [3.8, 4) is 0 Å². The molecule has 2 heteroatoms. The van der Waals surface area contributed by atoms with Gasteiger partial charge < -0.3 is 5.32 Å². The number of benzene rings is 2. The van der Waals surface area contributed by atoms with Gasteiger partial charge in [-0.1, -0.05) is 55.2 Å². The Bertz CT molecular complexity index is 830. The van der Waals surface area contributed by atoms with Gasteiger partial charge in [-0.15, -0.1) is 0 Å². The van der Waals surface area contributed by atoms with E-state index in [1.54, 1.807) is 0 Å². The third kappa shape index (κ3) is 3.14. The number of fused-ring (bicyclic) bond motifs is 1. The average Bonchev–Trinajstić information content (AvgIpc) is 2.64. The summed E-state index contributed by atoms with van der Waals surface area (Å²) in [4.78, 5) is 4.98. The summed E-state index contributed by atoms with van der Waals surface area (Å²) in [6, 6.07) is 19.3. The number of anilines is 2. The number of hydrogen-bond acceptors (Lipinski definition) is 2. The molecule has 0 aliphatic heterocycles. The number of rotatable bonds is 3. The van der Waals surface area contributed by atoms with Gasteiger partial charge >= 0.3 is 0 Å². The molecule has 0 spiro atoms. The molecule has 122 valence electrons. The Morgan fingerprint density at radius 1 is 0.917 bits per heavy atom. The molecule has 0 unspecified atom stereocenters. The molecule has 1 heterocycles. The topological polar surface area (TPSA) is 24.9 Å². The lowest BCUT2D eigenvalue weighted by Crippen LogP contribution is -2.07. The van der Waals surface area contributed by atoms with Gasteiger partial charge in [0.1, 0.15) is 0 Å². The second-order valence-corrected chi connectivity index (χ2v) is 6.94. The highest BCUT2D eigenvalue weighted by molar-refractivity contribution is 5.93. The third-order valence-electron chi connectivity index (χ3n) is 5.09. The molecule has 3 aromatic rings. The van der Waals surface area contributed by atoms with Gasteiger partial charge in [-0.05, 0) is 44.0 Å². The van der Waals surface area contributed by atoms with E-state index < -0.39 is 0 Å². The Balaban J connectivity index is 1.75. The maximum Gasteiger partial charge on any atom is 0.0726 e. The Hall–Kier alpha value is -2.35. The molecule has 4 rings (SSSR count). The van der Waals surface area contributed by atoms with Crippen LogP contribution in [0.25, 0.3) is 10.9 Å². The normalized spacial score (nSPS) is 15.5. The molecule has 24 heavy (non-hydrogen) atoms. The van der Waals surface area contributed by atoms with Gasteiger partial charge in [-0.3, -0.25) is 4.98 Å². The van der Waals surface area contributed by atoms with E-state index >= 15 is 0 Å². The van der Waals surface area contributed by atoms with E-state index in [-0.39, 0.29) is 0 Å². The second-order valence-electron chi connectivity index (χ2n) is 6.94. The van der Waals surface area contributed by atoms with E-state index in [0.29, 0.717) is 5.92 Å². The van der Waals surface area contributed by atoms with Crippen molar-refractivity contribution in [2.75, 3.05) is 5.32 Å². The average molecular weight is 316 g/mol. The first kappa shape index (κ1) is 15.2. The molecule has 1 aliphatic rings. The van der Waals surface area contributed by atoms with Crippen molar-refractivity contribution in [2.24, 2.45) is 0 Å². The molecular formula is C22H24N2. The highest BCUT2D eigenvalue weighted by atomic mass is 14.9. The molecule has 1 saturated carbocycles. The van der Waals surface area contributed by atoms with E-state index in [1.807, 2.05) is 0 Å². The maximum atomic E-state index is 4.98. The zero-order valence-electron chi connectivity index (χ0n) is 14.3. The maximum absolute atomic E-state index is 4.98. The van der Waals surface area contributed by atoms with Crippen molar-refractivity contribution in [1.29, 1.82) is 0 Å². The summed E-state index contributed by atoms with van der Waals surface area (Å²) < 4.78 is 0. The van der Waals surface area contributed by atoms with Crippen LogP contribution < -0.4 is 5.32 Å². The SMILES string of the molecule is Cc1ccc(Nc2cc(C3CCCCC3)nc3ccccc23)cc1. The lowest BCUT2D eigenvalue weighted by atomic mass is 9.86. The summed E-state index contributed by atoms with van der Waals surface area (Å²) in [5.74, 6) is 0.613. The van der Waals surface area contributed by atoms with Gasteiger partial charge in [0.25, 0.3) is 0 Å². The summed E-state index contributed by atoms with van der Waals surface area (Å²) >= 11 is 0. The molecule has 1 aliphatic carbocycles. The molecule has 0 bridgehead atoms. The highest BCUT2D eigenvalue weighted by Gasteiger charge is 2.18. The molecule has 2 nitrogen and oxygen atoms in total. The van der Waals surface area contributed by atoms with Crippen LogP contribution in [0.2, 0.25) is 0 Å². The van der Waals surface area contributed by atoms with Gasteiger partial charge in [0, 0.05) is 28.4 Å². The number of pyridine rings is 1. The van der Waals surface area contributed by atoms with Crippen molar-refractivity contribution in [3.63, 3.8) is 0 Å². The van der Waals surface area contributed by atoms with Crippen molar-refractivity contribution >= 4 is 22.3 Å². The van der Waals surface area contributed by atoms with Gasteiger partial charge in [0.2, 0.25) is 0 Å². The van der Waals surface area contributed by atoms with E-state index in [9.17, 15) is 0 Å². The van der Waals surface area contributed by atoms with Crippen LogP contribution in [-0.4, -0.2) is 4.98 Å². The Labute approximate surface area is 143 Å². The second kappa shape index (κ2) is 6.64. The lowest BCUT2D eigenvalue weighted by Gasteiger charge is -2.22. The minimum Gasteiger partial charge on any atom is -0.355 e. The number of nitrogens with zero attached hydrogens (tertiary/aromatic N) is 1. The van der Waals surface area contributed by atoms with Crippen LogP contribution in [0.5, 0.6) is 0 Å². The van der Waals surface area contributed by atoms with Crippen LogP contribution in [0.4, 0.5) is 11.4 Å². The summed E-state index contributed by atoms with van der Waals surface area (Å²) in [5, 5.41) is 4.81. The predicted molar refractivity (Wildman–Crippen MR) is 102 cm³/mol. The van der Waals surface area contributed by atoms with Crippen molar-refractivity contribution < 1.29 is 0 Å². The largest absolute Gasteiger partial charge is 0.355 e. The zero-order chi connectivity index (χ0) is 16.4. The molecule has 2 aromatic carbocycles. The molecule has 0 atom stereocenters. The number of hydrogen-bond donors (Lipinski definition) is 1. The van der Waals surface area contributed by atoms with E-state index in [1.165, 1.54) is 54.4 Å². The zero-order valence-corrected chi connectivity index (χ0v) is 14.3. The number of aromatic nitrogens is 1. The molecule has 0 radical (unpaired) electrons. The van der Waals surface area contributed by atoms with Crippen molar-refractivity contribution in [1.82, 2.24) is 4.98 Å². The molecular weight excluding hydrogens is 292 g/mol. The third-order valence-corrected chi connectivity index (χ3v) is 5.09. The first-order valence-electron chi connectivity index (χ1n) is 9.03. The monoisotopic (exact) mass is 316 g/mol. The smallest absolute Gasteiger partial charge is 0.0726 e. The van der Waals surface area contributed by atoms with E-state index in [4.69, 9.17) is 4.98 Å². The summed E-state index contributed by atoms with van der Waals surface area (Å²) in [6.45, 7) is 2.12. The number of aryl methyl sites for hydroxylation is 1. The van der Waals surface area contributed by atoms with Crippen LogP contribution in [0.15, 0.2) is 54.6 Å². The van der Waals surface area contributed by atoms with Gasteiger partial charge in [-0.25, -0.2) is 0 Å². The minimum atomic E-state index is 0.613. The Morgan fingerprint density at radius 2 is 1.67 bits per heavy atom. The molecule has 1 aromatic heterocycles. The fourth-order valence-electron chi connectivity index (χ4n) is 3.70. The molecule has 1 N–H and O–H groups in total. The number of nitrogens with one attached hydrogen (secondary N) is 1. The van der Waals surface area contributed by atoms with Crippen molar-refractivity contribution in [3.05, 3.63) is 65.9 Å². The first-order chi connectivity index (χ1) is 11.8. The fraction of sp³-hybridized carbons (Fsp3) is 0.318. The standard InChI is InChI=1S/C22H24N2/c1-16-11-13-18(14-12-16)23-22-15-21(17-7-3-2-4-8-17)24-20-10-6-5-9-19(20)22/h5-6,9-15,17H,2-4,7-8H2,1H3,(H,23,24). The van der Waals surface area contributed by atoms with Crippen LogP contribution in [-0.2, 0) is 0 Å². The lowest BCUT2D eigenvalue weighted by molar-refractivity contribution is 0.437. The van der Waals surface area contributed by atoms with Crippen LogP contribution >= 0.6 is 0 Å². The Kier molecular flexibility index (Phi) is 4.20. The molecule has 0 amide bonds. The van der Waals surface area contributed by atoms with Crippen LogP contribution in [0.3, 0.4) is 0 Å². The molecule has 0 saturated heterocycles. The highest BCUT2D eigenvalue weighted by Crippen LogP contribution is 2.35. The summed E-state index contributed by atoms with van der Waals surface area (Å²) in [7, 11) is 0. The Morgan fingerprint density at radius 3 is 2.46 bits per heavy atom. The predicted octanol–water partition coefficient (Wildman–Crippen LogP) is 6.33. The minimum absolute atomic E-state index is 0.613. The van der Waals surface area contributed by atoms with Crippen LogP contribution in [0, 0.1) is 6.92 Å².